The summed E-state index contributed by atoms with van der Waals surface area (Å²) in [6, 6.07) is 0. The molecule has 0 aliphatic carbocycles. The van der Waals surface area contributed by atoms with Crippen LogP contribution >= 0.6 is 0 Å². The van der Waals surface area contributed by atoms with Gasteiger partial charge in [-0.15, -0.1) is 0 Å². The summed E-state index contributed by atoms with van der Waals surface area (Å²) in [6.45, 7) is 5.69. The predicted octanol–water partition coefficient (Wildman–Crippen LogP) is 1.82. The normalized spacial score (nSPS) is 11.0. The molecule has 0 unspecified atom stereocenters. The molecule has 0 aromatic carbocycles. The molecule has 0 radical (unpaired) electrons. The molecule has 0 fully saturated rings. The van der Waals surface area contributed by atoms with E-state index in [0.29, 0.717) is 25.8 Å². The second kappa shape index (κ2) is 8.55. The van der Waals surface area contributed by atoms with Crippen LogP contribution in [0.4, 0.5) is 0 Å². The Balaban J connectivity index is 3.85. The van der Waals surface area contributed by atoms with Gasteiger partial charge in [-0.3, -0.25) is 14.4 Å². The minimum absolute atomic E-state index is 0.0783. The molecular formula is C14H25NO5. The Morgan fingerprint density at radius 1 is 1.05 bits per heavy atom. The summed E-state index contributed by atoms with van der Waals surface area (Å²) >= 11 is 0. The van der Waals surface area contributed by atoms with Gasteiger partial charge >= 0.3 is 11.9 Å². The number of aliphatic carboxylic acids is 1. The van der Waals surface area contributed by atoms with Crippen LogP contribution in [0.1, 0.15) is 52.9 Å². The van der Waals surface area contributed by atoms with Gasteiger partial charge in [-0.25, -0.2) is 0 Å². The number of carbonyl (C=O) groups is 3. The molecule has 0 aromatic rings. The van der Waals surface area contributed by atoms with Gasteiger partial charge in [0, 0.05) is 26.4 Å². The van der Waals surface area contributed by atoms with Gasteiger partial charge in [-0.2, -0.15) is 0 Å². The first-order chi connectivity index (χ1) is 9.11. The van der Waals surface area contributed by atoms with Gasteiger partial charge in [0.1, 0.15) is 5.60 Å². The van der Waals surface area contributed by atoms with Crippen LogP contribution < -0.4 is 0 Å². The number of rotatable bonds is 8. The highest BCUT2D eigenvalue weighted by Crippen LogP contribution is 2.09. The van der Waals surface area contributed by atoms with Crippen LogP contribution in [-0.4, -0.2) is 47.0 Å². The number of ether oxygens (including phenoxy) is 1. The van der Waals surface area contributed by atoms with Crippen molar-refractivity contribution in [1.29, 1.82) is 0 Å². The van der Waals surface area contributed by atoms with E-state index in [9.17, 15) is 14.4 Å². The summed E-state index contributed by atoms with van der Waals surface area (Å²) in [6.07, 6.45) is 1.57. The van der Waals surface area contributed by atoms with E-state index < -0.39 is 11.6 Å². The number of carbonyl (C=O) groups excluding carboxylic acids is 2. The number of hydrogen-bond donors (Lipinski definition) is 1. The lowest BCUT2D eigenvalue weighted by molar-refractivity contribution is -0.155. The summed E-state index contributed by atoms with van der Waals surface area (Å²) in [7, 11) is 1.63. The lowest BCUT2D eigenvalue weighted by Gasteiger charge is -2.21. The highest BCUT2D eigenvalue weighted by molar-refractivity contribution is 5.77. The van der Waals surface area contributed by atoms with E-state index in [1.807, 2.05) is 0 Å². The summed E-state index contributed by atoms with van der Waals surface area (Å²) in [4.78, 5) is 35.0. The Morgan fingerprint density at radius 2 is 1.60 bits per heavy atom. The first-order valence-electron chi connectivity index (χ1n) is 6.79. The fourth-order valence-electron chi connectivity index (χ4n) is 1.52. The molecule has 6 nitrogen and oxygen atoms in total. The van der Waals surface area contributed by atoms with Crippen LogP contribution in [0.25, 0.3) is 0 Å². The van der Waals surface area contributed by atoms with Crippen molar-refractivity contribution in [3.05, 3.63) is 0 Å². The molecule has 116 valence electrons. The zero-order chi connectivity index (χ0) is 15.8. The Morgan fingerprint density at radius 3 is 2.10 bits per heavy atom. The van der Waals surface area contributed by atoms with Crippen molar-refractivity contribution in [2.45, 2.75) is 58.5 Å². The van der Waals surface area contributed by atoms with Crippen LogP contribution in [-0.2, 0) is 19.1 Å². The maximum atomic E-state index is 11.7. The van der Waals surface area contributed by atoms with Crippen LogP contribution in [0.5, 0.6) is 0 Å². The van der Waals surface area contributed by atoms with Crippen molar-refractivity contribution in [2.24, 2.45) is 0 Å². The molecule has 0 aromatic heterocycles. The molecule has 0 atom stereocenters. The summed E-state index contributed by atoms with van der Waals surface area (Å²) in [5, 5.41) is 8.48. The highest BCUT2D eigenvalue weighted by Gasteiger charge is 2.17. The fraction of sp³-hybridized carbons (Fsp3) is 0.786. The SMILES string of the molecule is CN(CCC(=O)OC(C)(C)C)C(=O)CCCCC(=O)O. The van der Waals surface area contributed by atoms with Crippen molar-refractivity contribution in [3.63, 3.8) is 0 Å². The number of unbranched alkanes of at least 4 members (excludes halogenated alkanes) is 1. The first kappa shape index (κ1) is 18.4. The van der Waals surface area contributed by atoms with E-state index >= 15 is 0 Å². The molecule has 6 heteroatoms. The quantitative estimate of drug-likeness (QED) is 0.544. The molecule has 0 saturated heterocycles. The third-order valence-corrected chi connectivity index (χ3v) is 2.53. The van der Waals surface area contributed by atoms with Crippen LogP contribution in [0.3, 0.4) is 0 Å². The largest absolute Gasteiger partial charge is 0.481 e. The van der Waals surface area contributed by atoms with Crippen molar-refractivity contribution in [2.75, 3.05) is 13.6 Å². The van der Waals surface area contributed by atoms with E-state index in [4.69, 9.17) is 9.84 Å². The summed E-state index contributed by atoms with van der Waals surface area (Å²) in [5.74, 6) is -1.27. The maximum Gasteiger partial charge on any atom is 0.308 e. The van der Waals surface area contributed by atoms with Crippen LogP contribution in [0.15, 0.2) is 0 Å². The van der Waals surface area contributed by atoms with E-state index in [2.05, 4.69) is 0 Å². The van der Waals surface area contributed by atoms with E-state index in [0.717, 1.165) is 0 Å². The summed E-state index contributed by atoms with van der Waals surface area (Å²) in [5.41, 5.74) is -0.517. The standard InChI is InChI=1S/C14H25NO5/c1-14(2,3)20-13(19)9-10-15(4)11(16)7-5-6-8-12(17)18/h5-10H2,1-4H3,(H,17,18). The molecule has 0 aliphatic heterocycles. The van der Waals surface area contributed by atoms with E-state index in [1.165, 1.54) is 4.90 Å². The van der Waals surface area contributed by atoms with Gasteiger partial charge in [0.25, 0.3) is 0 Å². The zero-order valence-electron chi connectivity index (χ0n) is 12.8. The molecule has 0 spiro atoms. The Kier molecular flexibility index (Phi) is 7.87. The first-order valence-corrected chi connectivity index (χ1v) is 6.79. The number of nitrogens with zero attached hydrogens (tertiary/aromatic N) is 1. The minimum Gasteiger partial charge on any atom is -0.481 e. The van der Waals surface area contributed by atoms with Gasteiger partial charge in [-0.05, 0) is 33.6 Å². The summed E-state index contributed by atoms with van der Waals surface area (Å²) < 4.78 is 5.15. The Hall–Kier alpha value is -1.59. The van der Waals surface area contributed by atoms with Crippen LogP contribution in [0, 0.1) is 0 Å². The van der Waals surface area contributed by atoms with Crippen molar-refractivity contribution >= 4 is 17.8 Å². The van der Waals surface area contributed by atoms with Crippen molar-refractivity contribution < 1.29 is 24.2 Å². The number of hydrogen-bond acceptors (Lipinski definition) is 4. The zero-order valence-corrected chi connectivity index (χ0v) is 12.8. The number of carboxylic acids is 1. The average molecular weight is 287 g/mol. The Bertz CT molecular complexity index is 346. The van der Waals surface area contributed by atoms with Crippen LogP contribution in [0.2, 0.25) is 0 Å². The predicted molar refractivity (Wildman–Crippen MR) is 74.2 cm³/mol. The smallest absolute Gasteiger partial charge is 0.308 e. The highest BCUT2D eigenvalue weighted by atomic mass is 16.6. The molecule has 0 heterocycles. The van der Waals surface area contributed by atoms with Crippen molar-refractivity contribution in [3.8, 4) is 0 Å². The number of carboxylic acid groups (broad SMARTS) is 1. The van der Waals surface area contributed by atoms with Crippen molar-refractivity contribution in [1.82, 2.24) is 4.90 Å². The molecule has 1 N–H and O–H groups in total. The number of amides is 1. The van der Waals surface area contributed by atoms with Gasteiger partial charge in [-0.1, -0.05) is 0 Å². The van der Waals surface area contributed by atoms with Gasteiger partial charge in [0.2, 0.25) is 5.91 Å². The second-order valence-corrected chi connectivity index (χ2v) is 5.75. The van der Waals surface area contributed by atoms with E-state index in [-0.39, 0.29) is 24.7 Å². The molecular weight excluding hydrogens is 262 g/mol. The molecule has 0 bridgehead atoms. The van der Waals surface area contributed by atoms with Gasteiger partial charge < -0.3 is 14.7 Å². The van der Waals surface area contributed by atoms with Gasteiger partial charge in [0.15, 0.2) is 0 Å². The monoisotopic (exact) mass is 287 g/mol. The molecule has 0 rings (SSSR count). The molecule has 1 amide bonds. The third-order valence-electron chi connectivity index (χ3n) is 2.53. The lowest BCUT2D eigenvalue weighted by atomic mass is 10.2. The second-order valence-electron chi connectivity index (χ2n) is 5.75. The Labute approximate surface area is 120 Å². The maximum absolute atomic E-state index is 11.7. The fourth-order valence-corrected chi connectivity index (χ4v) is 1.52. The third kappa shape index (κ3) is 10.3. The lowest BCUT2D eigenvalue weighted by Crippen LogP contribution is -2.31. The average Bonchev–Trinajstić information content (AvgIpc) is 2.28. The molecule has 20 heavy (non-hydrogen) atoms. The molecule has 0 saturated carbocycles. The molecule has 0 aliphatic rings. The minimum atomic E-state index is -0.851. The number of esters is 1. The van der Waals surface area contributed by atoms with Gasteiger partial charge in [0.05, 0.1) is 6.42 Å². The topological polar surface area (TPSA) is 83.9 Å². The van der Waals surface area contributed by atoms with E-state index in [1.54, 1.807) is 27.8 Å².